The molecule has 5 heteroatoms. The van der Waals surface area contributed by atoms with Crippen molar-refractivity contribution >= 4 is 11.9 Å². The number of ether oxygens (including phenoxy) is 1. The molecule has 2 atom stereocenters. The maximum Gasteiger partial charge on any atom is 0.335 e. The van der Waals surface area contributed by atoms with Crippen molar-refractivity contribution in [3.63, 3.8) is 0 Å². The second kappa shape index (κ2) is 5.48. The van der Waals surface area contributed by atoms with E-state index in [1.165, 1.54) is 0 Å². The van der Waals surface area contributed by atoms with Crippen molar-refractivity contribution in [1.29, 1.82) is 0 Å². The predicted molar refractivity (Wildman–Crippen MR) is 76.0 cm³/mol. The highest BCUT2D eigenvalue weighted by Crippen LogP contribution is 2.26. The molecule has 112 valence electrons. The number of rotatable bonds is 2. The summed E-state index contributed by atoms with van der Waals surface area (Å²) < 4.78 is 5.47. The second-order valence-corrected chi connectivity index (χ2v) is 5.88. The highest BCUT2D eigenvalue weighted by atomic mass is 16.5. The van der Waals surface area contributed by atoms with Gasteiger partial charge in [0.2, 0.25) is 5.91 Å². The van der Waals surface area contributed by atoms with Gasteiger partial charge in [-0.05, 0) is 43.0 Å². The molecule has 1 aromatic rings. The Labute approximate surface area is 123 Å². The van der Waals surface area contributed by atoms with Crippen LogP contribution in [0, 0.1) is 5.92 Å². The van der Waals surface area contributed by atoms with Gasteiger partial charge >= 0.3 is 5.97 Å². The molecular weight excluding hydrogens is 270 g/mol. The van der Waals surface area contributed by atoms with Crippen molar-refractivity contribution in [2.75, 3.05) is 13.2 Å². The van der Waals surface area contributed by atoms with E-state index in [0.717, 1.165) is 24.0 Å². The maximum atomic E-state index is 12.5. The molecule has 2 unspecified atom stereocenters. The Morgan fingerprint density at radius 2 is 2.14 bits per heavy atom. The minimum atomic E-state index is -0.931. The Morgan fingerprint density at radius 3 is 2.81 bits per heavy atom. The van der Waals surface area contributed by atoms with Crippen LogP contribution in [0.3, 0.4) is 0 Å². The van der Waals surface area contributed by atoms with E-state index in [1.807, 2.05) is 17.9 Å². The molecule has 1 fully saturated rings. The summed E-state index contributed by atoms with van der Waals surface area (Å²) in [5, 5.41) is 9.07. The van der Waals surface area contributed by atoms with Crippen LogP contribution in [0.1, 0.15) is 34.8 Å². The zero-order chi connectivity index (χ0) is 15.0. The molecule has 0 radical (unpaired) electrons. The van der Waals surface area contributed by atoms with Gasteiger partial charge in [-0.3, -0.25) is 4.79 Å². The number of fused-ring (bicyclic) bond motifs is 1. The van der Waals surface area contributed by atoms with Crippen LogP contribution >= 0.6 is 0 Å². The van der Waals surface area contributed by atoms with Crippen LogP contribution in [0.15, 0.2) is 18.2 Å². The van der Waals surface area contributed by atoms with Crippen molar-refractivity contribution in [2.45, 2.75) is 32.4 Å². The Hall–Kier alpha value is -1.88. The topological polar surface area (TPSA) is 66.8 Å². The summed E-state index contributed by atoms with van der Waals surface area (Å²) in [7, 11) is 0. The fourth-order valence-electron chi connectivity index (χ4n) is 3.13. The number of aromatic carboxylic acids is 1. The number of carbonyl (C=O) groups excluding carboxylic acids is 1. The monoisotopic (exact) mass is 289 g/mol. The average Bonchev–Trinajstić information content (AvgIpc) is 2.91. The lowest BCUT2D eigenvalue weighted by molar-refractivity contribution is -0.136. The summed E-state index contributed by atoms with van der Waals surface area (Å²) in [6.07, 6.45) is 1.70. The van der Waals surface area contributed by atoms with Crippen LogP contribution in [0.5, 0.6) is 0 Å². The van der Waals surface area contributed by atoms with Gasteiger partial charge < -0.3 is 14.7 Å². The van der Waals surface area contributed by atoms with Crippen LogP contribution in [0.4, 0.5) is 0 Å². The minimum absolute atomic E-state index is 0.0517. The van der Waals surface area contributed by atoms with Crippen molar-refractivity contribution < 1.29 is 19.4 Å². The van der Waals surface area contributed by atoms with Gasteiger partial charge in [0.25, 0.3) is 0 Å². The molecule has 1 amide bonds. The normalized spacial score (nSPS) is 24.7. The number of amides is 1. The molecule has 1 N–H and O–H groups in total. The van der Waals surface area contributed by atoms with E-state index in [-0.39, 0.29) is 23.5 Å². The third-order valence-corrected chi connectivity index (χ3v) is 4.32. The molecule has 21 heavy (non-hydrogen) atoms. The van der Waals surface area contributed by atoms with Gasteiger partial charge in [0.05, 0.1) is 24.2 Å². The number of benzene rings is 1. The van der Waals surface area contributed by atoms with Crippen LogP contribution in [0.2, 0.25) is 0 Å². The van der Waals surface area contributed by atoms with Crippen molar-refractivity contribution in [1.82, 2.24) is 4.90 Å². The third kappa shape index (κ3) is 2.78. The molecular formula is C16H19NO4. The smallest absolute Gasteiger partial charge is 0.335 e. The SMILES string of the molecule is CC1CC(C(=O)N2CCc3ccc(C(=O)O)cc3C2)CO1. The summed E-state index contributed by atoms with van der Waals surface area (Å²) in [5.41, 5.74) is 2.36. The summed E-state index contributed by atoms with van der Waals surface area (Å²) in [6.45, 7) is 3.68. The Kier molecular flexibility index (Phi) is 3.68. The lowest BCUT2D eigenvalue weighted by atomic mass is 9.95. The van der Waals surface area contributed by atoms with E-state index < -0.39 is 5.97 Å². The van der Waals surface area contributed by atoms with Gasteiger partial charge in [0, 0.05) is 13.1 Å². The third-order valence-electron chi connectivity index (χ3n) is 4.32. The van der Waals surface area contributed by atoms with Crippen molar-refractivity contribution in [3.8, 4) is 0 Å². The van der Waals surface area contributed by atoms with E-state index in [0.29, 0.717) is 19.7 Å². The van der Waals surface area contributed by atoms with Crippen LogP contribution in [-0.2, 0) is 22.5 Å². The molecule has 2 aliphatic heterocycles. The first-order valence-electron chi connectivity index (χ1n) is 7.30. The number of hydrogen-bond donors (Lipinski definition) is 1. The molecule has 5 nitrogen and oxygen atoms in total. The van der Waals surface area contributed by atoms with Crippen LogP contribution in [-0.4, -0.2) is 41.1 Å². The summed E-state index contributed by atoms with van der Waals surface area (Å²) in [6, 6.07) is 5.18. The van der Waals surface area contributed by atoms with E-state index in [2.05, 4.69) is 0 Å². The number of carboxylic acids is 1. The molecule has 0 aliphatic carbocycles. The van der Waals surface area contributed by atoms with Gasteiger partial charge in [0.15, 0.2) is 0 Å². The molecule has 3 rings (SSSR count). The number of hydrogen-bond acceptors (Lipinski definition) is 3. The molecule has 0 saturated carbocycles. The largest absolute Gasteiger partial charge is 0.478 e. The van der Waals surface area contributed by atoms with E-state index >= 15 is 0 Å². The first-order valence-corrected chi connectivity index (χ1v) is 7.30. The summed E-state index contributed by atoms with van der Waals surface area (Å²) >= 11 is 0. The fraction of sp³-hybridized carbons (Fsp3) is 0.500. The lowest BCUT2D eigenvalue weighted by Gasteiger charge is -2.30. The molecule has 2 heterocycles. The molecule has 0 aromatic heterocycles. The van der Waals surface area contributed by atoms with Crippen LogP contribution < -0.4 is 0 Å². The van der Waals surface area contributed by atoms with Gasteiger partial charge in [-0.2, -0.15) is 0 Å². The molecule has 1 aromatic carbocycles. The van der Waals surface area contributed by atoms with Gasteiger partial charge in [-0.25, -0.2) is 4.79 Å². The zero-order valence-electron chi connectivity index (χ0n) is 12.0. The standard InChI is InChI=1S/C16H19NO4/c1-10-6-14(9-21-10)15(18)17-5-4-11-2-3-12(16(19)20)7-13(11)8-17/h2-3,7,10,14H,4-6,8-9H2,1H3,(H,19,20). The van der Waals surface area contributed by atoms with Crippen LogP contribution in [0.25, 0.3) is 0 Å². The van der Waals surface area contributed by atoms with Gasteiger partial charge in [-0.1, -0.05) is 6.07 Å². The van der Waals surface area contributed by atoms with E-state index in [9.17, 15) is 9.59 Å². The summed E-state index contributed by atoms with van der Waals surface area (Å²) in [5.74, 6) is -0.853. The first-order chi connectivity index (χ1) is 10.0. The molecule has 0 spiro atoms. The molecule has 2 aliphatic rings. The molecule has 1 saturated heterocycles. The number of nitrogens with zero attached hydrogens (tertiary/aromatic N) is 1. The summed E-state index contributed by atoms with van der Waals surface area (Å²) in [4.78, 5) is 25.4. The highest BCUT2D eigenvalue weighted by molar-refractivity contribution is 5.88. The van der Waals surface area contributed by atoms with Crippen molar-refractivity contribution in [2.24, 2.45) is 5.92 Å². The van der Waals surface area contributed by atoms with Gasteiger partial charge in [-0.15, -0.1) is 0 Å². The molecule has 0 bridgehead atoms. The Morgan fingerprint density at radius 1 is 1.33 bits per heavy atom. The van der Waals surface area contributed by atoms with Crippen molar-refractivity contribution in [3.05, 3.63) is 34.9 Å². The quantitative estimate of drug-likeness (QED) is 0.899. The maximum absolute atomic E-state index is 12.5. The lowest BCUT2D eigenvalue weighted by Crippen LogP contribution is -2.40. The Bertz CT molecular complexity index is 584. The Balaban J connectivity index is 1.75. The van der Waals surface area contributed by atoms with E-state index in [4.69, 9.17) is 9.84 Å². The first kappa shape index (κ1) is 14.1. The fourth-order valence-corrected chi connectivity index (χ4v) is 3.13. The number of carboxylic acid groups (broad SMARTS) is 1. The minimum Gasteiger partial charge on any atom is -0.478 e. The second-order valence-electron chi connectivity index (χ2n) is 5.88. The zero-order valence-corrected chi connectivity index (χ0v) is 12.0. The van der Waals surface area contributed by atoms with E-state index in [1.54, 1.807) is 12.1 Å². The number of carbonyl (C=O) groups is 2. The predicted octanol–water partition coefficient (Wildman–Crippen LogP) is 1.69. The average molecular weight is 289 g/mol. The van der Waals surface area contributed by atoms with Gasteiger partial charge in [0.1, 0.15) is 0 Å². The highest BCUT2D eigenvalue weighted by Gasteiger charge is 2.32.